The highest BCUT2D eigenvalue weighted by atomic mass is 79.9. The van der Waals surface area contributed by atoms with Crippen LogP contribution in [0.4, 0.5) is 0 Å². The van der Waals surface area contributed by atoms with E-state index in [0.717, 1.165) is 48.4 Å². The van der Waals surface area contributed by atoms with Crippen LogP contribution in [0.25, 0.3) is 6.08 Å². The zero-order valence-electron chi connectivity index (χ0n) is 11.8. The van der Waals surface area contributed by atoms with Gasteiger partial charge in [0, 0.05) is 18.2 Å². The van der Waals surface area contributed by atoms with Crippen LogP contribution in [0.5, 0.6) is 5.75 Å². The average molecular weight is 355 g/mol. The number of halogens is 1. The van der Waals surface area contributed by atoms with Gasteiger partial charge >= 0.3 is 5.97 Å². The SMILES string of the molecule is O=C(O)C=Cc1cccc(Br)c1OCCCC1CCCO1. The van der Waals surface area contributed by atoms with Crippen LogP contribution in [-0.2, 0) is 9.53 Å². The number of carbonyl (C=O) groups is 1. The van der Waals surface area contributed by atoms with Crippen molar-refractivity contribution in [1.29, 1.82) is 0 Å². The molecule has 1 heterocycles. The number of rotatable bonds is 7. The maximum atomic E-state index is 10.6. The Hall–Kier alpha value is -1.33. The minimum Gasteiger partial charge on any atom is -0.492 e. The van der Waals surface area contributed by atoms with E-state index in [1.54, 1.807) is 6.08 Å². The maximum Gasteiger partial charge on any atom is 0.328 e. The van der Waals surface area contributed by atoms with E-state index < -0.39 is 5.97 Å². The van der Waals surface area contributed by atoms with Gasteiger partial charge in [-0.1, -0.05) is 12.1 Å². The van der Waals surface area contributed by atoms with Crippen LogP contribution in [0.3, 0.4) is 0 Å². The third kappa shape index (κ3) is 5.17. The lowest BCUT2D eigenvalue weighted by Crippen LogP contribution is -2.08. The highest BCUT2D eigenvalue weighted by molar-refractivity contribution is 9.10. The highest BCUT2D eigenvalue weighted by Gasteiger charge is 2.15. The zero-order valence-corrected chi connectivity index (χ0v) is 13.3. The average Bonchev–Trinajstić information content (AvgIpc) is 2.96. The van der Waals surface area contributed by atoms with Crippen molar-refractivity contribution in [2.24, 2.45) is 0 Å². The highest BCUT2D eigenvalue weighted by Crippen LogP contribution is 2.30. The molecular weight excluding hydrogens is 336 g/mol. The smallest absolute Gasteiger partial charge is 0.328 e. The van der Waals surface area contributed by atoms with Gasteiger partial charge in [-0.2, -0.15) is 0 Å². The van der Waals surface area contributed by atoms with Crippen LogP contribution in [0.15, 0.2) is 28.7 Å². The summed E-state index contributed by atoms with van der Waals surface area (Å²) in [5.41, 5.74) is 0.754. The fourth-order valence-corrected chi connectivity index (χ4v) is 2.82. The number of carboxylic acids is 1. The van der Waals surface area contributed by atoms with Gasteiger partial charge in [-0.05, 0) is 53.8 Å². The first kappa shape index (κ1) is 16.0. The van der Waals surface area contributed by atoms with Gasteiger partial charge < -0.3 is 14.6 Å². The van der Waals surface area contributed by atoms with Crippen LogP contribution in [0.2, 0.25) is 0 Å². The number of carboxylic acid groups (broad SMARTS) is 1. The summed E-state index contributed by atoms with van der Waals surface area (Å²) in [6.07, 6.45) is 7.25. The summed E-state index contributed by atoms with van der Waals surface area (Å²) in [7, 11) is 0. The zero-order chi connectivity index (χ0) is 15.1. The van der Waals surface area contributed by atoms with Crippen molar-refractivity contribution in [2.75, 3.05) is 13.2 Å². The van der Waals surface area contributed by atoms with E-state index in [2.05, 4.69) is 15.9 Å². The Balaban J connectivity index is 1.90. The van der Waals surface area contributed by atoms with Crippen LogP contribution in [0.1, 0.15) is 31.2 Å². The Labute approximate surface area is 132 Å². The summed E-state index contributed by atoms with van der Waals surface area (Å²) < 4.78 is 12.2. The molecule has 1 unspecified atom stereocenters. The lowest BCUT2D eigenvalue weighted by Gasteiger charge is -2.13. The molecule has 1 N–H and O–H groups in total. The fraction of sp³-hybridized carbons (Fsp3) is 0.438. The molecule has 0 aromatic heterocycles. The molecule has 0 saturated carbocycles. The van der Waals surface area contributed by atoms with Crippen molar-refractivity contribution < 1.29 is 19.4 Å². The van der Waals surface area contributed by atoms with Gasteiger partial charge in [0.1, 0.15) is 5.75 Å². The standard InChI is InChI=1S/C16H19BrO4/c17-14-7-1-4-12(8-9-15(18)19)16(14)21-11-3-6-13-5-2-10-20-13/h1,4,7-9,13H,2-3,5-6,10-11H2,(H,18,19). The van der Waals surface area contributed by atoms with E-state index in [4.69, 9.17) is 14.6 Å². The predicted molar refractivity (Wildman–Crippen MR) is 84.5 cm³/mol. The van der Waals surface area contributed by atoms with Gasteiger partial charge in [0.15, 0.2) is 0 Å². The first-order valence-corrected chi connectivity index (χ1v) is 7.90. The fourth-order valence-electron chi connectivity index (χ4n) is 2.33. The summed E-state index contributed by atoms with van der Waals surface area (Å²) in [6, 6.07) is 5.57. The molecule has 5 heteroatoms. The molecule has 0 amide bonds. The van der Waals surface area contributed by atoms with E-state index in [0.29, 0.717) is 18.5 Å². The van der Waals surface area contributed by atoms with Crippen LogP contribution < -0.4 is 4.74 Å². The first-order chi connectivity index (χ1) is 10.2. The molecule has 1 aromatic carbocycles. The van der Waals surface area contributed by atoms with Crippen molar-refractivity contribution in [2.45, 2.75) is 31.8 Å². The van der Waals surface area contributed by atoms with Crippen molar-refractivity contribution in [3.05, 3.63) is 34.3 Å². The summed E-state index contributed by atoms with van der Waals surface area (Å²) in [6.45, 7) is 1.47. The molecule has 0 spiro atoms. The molecule has 21 heavy (non-hydrogen) atoms. The minimum absolute atomic E-state index is 0.374. The van der Waals surface area contributed by atoms with Crippen molar-refractivity contribution in [3.8, 4) is 5.75 Å². The Morgan fingerprint density at radius 2 is 2.38 bits per heavy atom. The van der Waals surface area contributed by atoms with E-state index in [-0.39, 0.29) is 0 Å². The van der Waals surface area contributed by atoms with Crippen LogP contribution in [0, 0.1) is 0 Å². The molecule has 2 rings (SSSR count). The lowest BCUT2D eigenvalue weighted by atomic mass is 10.1. The largest absolute Gasteiger partial charge is 0.492 e. The molecule has 4 nitrogen and oxygen atoms in total. The minimum atomic E-state index is -0.973. The molecule has 114 valence electrons. The summed E-state index contributed by atoms with van der Waals surface area (Å²) in [5.74, 6) is -0.290. The molecule has 0 bridgehead atoms. The molecular formula is C16H19BrO4. The number of para-hydroxylation sites is 1. The second kappa shape index (κ2) is 8.20. The molecule has 1 aliphatic heterocycles. The number of aliphatic carboxylic acids is 1. The number of benzene rings is 1. The molecule has 1 atom stereocenters. The van der Waals surface area contributed by atoms with Crippen molar-refractivity contribution in [3.63, 3.8) is 0 Å². The second-order valence-corrected chi connectivity index (χ2v) is 5.81. The molecule has 1 aromatic rings. The van der Waals surface area contributed by atoms with Gasteiger partial charge in [-0.15, -0.1) is 0 Å². The summed E-state index contributed by atoms with van der Waals surface area (Å²) in [5, 5.41) is 8.72. The van der Waals surface area contributed by atoms with E-state index in [1.165, 1.54) is 0 Å². The molecule has 0 radical (unpaired) electrons. The summed E-state index contributed by atoms with van der Waals surface area (Å²) in [4.78, 5) is 10.6. The van der Waals surface area contributed by atoms with Gasteiger partial charge in [-0.25, -0.2) is 4.79 Å². The lowest BCUT2D eigenvalue weighted by molar-refractivity contribution is -0.131. The van der Waals surface area contributed by atoms with Crippen LogP contribution >= 0.6 is 15.9 Å². The molecule has 0 aliphatic carbocycles. The molecule has 1 aliphatic rings. The molecule has 1 saturated heterocycles. The Morgan fingerprint density at radius 3 is 3.10 bits per heavy atom. The normalized spacial score (nSPS) is 18.2. The molecule has 1 fully saturated rings. The number of hydrogen-bond acceptors (Lipinski definition) is 3. The Bertz CT molecular complexity index is 507. The topological polar surface area (TPSA) is 55.8 Å². The third-order valence-electron chi connectivity index (χ3n) is 3.34. The van der Waals surface area contributed by atoms with Gasteiger partial charge in [0.25, 0.3) is 0 Å². The maximum absolute atomic E-state index is 10.6. The van der Waals surface area contributed by atoms with Gasteiger partial charge in [0.2, 0.25) is 0 Å². The van der Waals surface area contributed by atoms with Gasteiger partial charge in [0.05, 0.1) is 17.2 Å². The second-order valence-electron chi connectivity index (χ2n) is 4.96. The Kier molecular flexibility index (Phi) is 6.26. The predicted octanol–water partition coefficient (Wildman–Crippen LogP) is 3.88. The van der Waals surface area contributed by atoms with E-state index in [9.17, 15) is 4.79 Å². The Morgan fingerprint density at radius 1 is 1.52 bits per heavy atom. The third-order valence-corrected chi connectivity index (χ3v) is 3.97. The summed E-state index contributed by atoms with van der Waals surface area (Å²) >= 11 is 3.44. The van der Waals surface area contributed by atoms with Crippen LogP contribution in [-0.4, -0.2) is 30.4 Å². The van der Waals surface area contributed by atoms with E-state index in [1.807, 2.05) is 18.2 Å². The monoisotopic (exact) mass is 354 g/mol. The number of ether oxygens (including phenoxy) is 2. The first-order valence-electron chi connectivity index (χ1n) is 7.11. The van der Waals surface area contributed by atoms with Crippen molar-refractivity contribution in [1.82, 2.24) is 0 Å². The van der Waals surface area contributed by atoms with E-state index >= 15 is 0 Å². The van der Waals surface area contributed by atoms with Crippen molar-refractivity contribution >= 4 is 28.0 Å². The van der Waals surface area contributed by atoms with Gasteiger partial charge in [-0.3, -0.25) is 0 Å². The quantitative estimate of drug-likeness (QED) is 0.596. The number of hydrogen-bond donors (Lipinski definition) is 1.